The smallest absolute Gasteiger partial charge is 0.389 e. The standard InChI is InChI=1S/C23H24N2O9P2/c1-25-11-13(10-24-25)20-18(19(26)12-8-16(30-3)22(32-5)17(9-12)31-4)14-6-7-15(29-2)23(21(14)33-20)34-36(27,28)35/h6-11H,35H2,1-5H3,(H,27,28). The van der Waals surface area contributed by atoms with Crippen LogP contribution in [-0.4, -0.2) is 48.9 Å². The van der Waals surface area contributed by atoms with Crippen LogP contribution in [0.15, 0.2) is 41.1 Å². The summed E-state index contributed by atoms with van der Waals surface area (Å²) in [5.41, 5.74) is 0.971. The molecule has 0 spiro atoms. The normalized spacial score (nSPS) is 12.8. The van der Waals surface area contributed by atoms with Gasteiger partial charge in [0, 0.05) is 24.2 Å². The first-order valence-corrected chi connectivity index (χ1v) is 13.6. The quantitative estimate of drug-likeness (QED) is 0.243. The highest BCUT2D eigenvalue weighted by Gasteiger charge is 2.30. The van der Waals surface area contributed by atoms with Crippen LogP contribution in [0.2, 0.25) is 0 Å². The first-order chi connectivity index (χ1) is 17.1. The Balaban J connectivity index is 2.03. The van der Waals surface area contributed by atoms with E-state index in [0.29, 0.717) is 28.2 Å². The summed E-state index contributed by atoms with van der Waals surface area (Å²) in [6, 6.07) is 6.19. The van der Waals surface area contributed by atoms with Gasteiger partial charge in [0.25, 0.3) is 0 Å². The van der Waals surface area contributed by atoms with Gasteiger partial charge in [-0.15, -0.1) is 0 Å². The van der Waals surface area contributed by atoms with Crippen LogP contribution in [0.25, 0.3) is 22.3 Å². The minimum atomic E-state index is -4.09. The van der Waals surface area contributed by atoms with Crippen molar-refractivity contribution < 1.29 is 42.1 Å². The molecule has 36 heavy (non-hydrogen) atoms. The van der Waals surface area contributed by atoms with E-state index in [0.717, 1.165) is 0 Å². The average Bonchev–Trinajstić information content (AvgIpc) is 3.45. The van der Waals surface area contributed by atoms with E-state index in [2.05, 4.69) is 5.10 Å². The van der Waals surface area contributed by atoms with Crippen LogP contribution in [0.5, 0.6) is 28.7 Å². The third-order valence-corrected chi connectivity index (χ3v) is 6.10. The lowest BCUT2D eigenvalue weighted by Crippen LogP contribution is -2.05. The van der Waals surface area contributed by atoms with Crippen LogP contribution in [0.4, 0.5) is 0 Å². The van der Waals surface area contributed by atoms with Crippen molar-refractivity contribution in [1.29, 1.82) is 0 Å². The summed E-state index contributed by atoms with van der Waals surface area (Å²) < 4.78 is 46.6. The van der Waals surface area contributed by atoms with Gasteiger partial charge in [-0.2, -0.15) is 5.10 Å². The molecule has 0 saturated heterocycles. The van der Waals surface area contributed by atoms with E-state index in [1.54, 1.807) is 32.9 Å². The van der Waals surface area contributed by atoms with Crippen LogP contribution >= 0.6 is 16.2 Å². The van der Waals surface area contributed by atoms with Gasteiger partial charge in [-0.25, -0.2) is 4.57 Å². The largest absolute Gasteiger partial charge is 0.493 e. The summed E-state index contributed by atoms with van der Waals surface area (Å²) in [7, 11) is 5.12. The fourth-order valence-corrected chi connectivity index (χ4v) is 4.57. The van der Waals surface area contributed by atoms with Crippen molar-refractivity contribution in [3.63, 3.8) is 0 Å². The predicted octanol–water partition coefficient (Wildman–Crippen LogP) is 4.45. The number of carbonyl (C=O) groups excluding carboxylic acids is 1. The minimum absolute atomic E-state index is 0.0562. The van der Waals surface area contributed by atoms with Crippen molar-refractivity contribution in [3.05, 3.63) is 47.8 Å². The van der Waals surface area contributed by atoms with Gasteiger partial charge in [0.2, 0.25) is 11.5 Å². The van der Waals surface area contributed by atoms with Gasteiger partial charge < -0.3 is 32.8 Å². The molecule has 1 N–H and O–H groups in total. The second kappa shape index (κ2) is 9.85. The van der Waals surface area contributed by atoms with Gasteiger partial charge in [0.15, 0.2) is 28.6 Å². The molecule has 0 saturated carbocycles. The molecule has 4 aromatic rings. The number of ether oxygens (including phenoxy) is 4. The fourth-order valence-electron chi connectivity index (χ4n) is 3.82. The second-order valence-electron chi connectivity index (χ2n) is 7.58. The van der Waals surface area contributed by atoms with Gasteiger partial charge in [-0.1, -0.05) is 0 Å². The molecular formula is C23H24N2O9P2. The zero-order valence-electron chi connectivity index (χ0n) is 20.1. The van der Waals surface area contributed by atoms with E-state index in [9.17, 15) is 14.3 Å². The maximum atomic E-state index is 14.0. The summed E-state index contributed by atoms with van der Waals surface area (Å²) in [6.07, 6.45) is 3.21. The molecule has 2 unspecified atom stereocenters. The minimum Gasteiger partial charge on any atom is -0.493 e. The lowest BCUT2D eigenvalue weighted by atomic mass is 9.97. The van der Waals surface area contributed by atoms with Gasteiger partial charge in [0.1, 0.15) is 5.76 Å². The van der Waals surface area contributed by atoms with E-state index in [4.69, 9.17) is 27.9 Å². The van der Waals surface area contributed by atoms with Crippen molar-refractivity contribution in [2.24, 2.45) is 7.05 Å². The third kappa shape index (κ3) is 4.65. The van der Waals surface area contributed by atoms with E-state index >= 15 is 0 Å². The Morgan fingerprint density at radius 3 is 2.17 bits per heavy atom. The third-order valence-electron chi connectivity index (χ3n) is 5.34. The molecule has 0 radical (unpaired) electrons. The Bertz CT molecular complexity index is 1480. The van der Waals surface area contributed by atoms with Crippen LogP contribution in [0, 0.1) is 0 Å². The summed E-state index contributed by atoms with van der Waals surface area (Å²) in [5.74, 6) is 0.715. The Hall–Kier alpha value is -3.52. The van der Waals surface area contributed by atoms with Crippen molar-refractivity contribution in [2.75, 3.05) is 28.4 Å². The SMILES string of the molecule is COc1cc(C(=O)c2c(-c3cnn(C)c3)oc3c(OP(=O)(O)P)c(OC)ccc23)cc(OC)c1OC. The van der Waals surface area contributed by atoms with Gasteiger partial charge in [-0.3, -0.25) is 9.48 Å². The molecule has 13 heteroatoms. The molecule has 2 atom stereocenters. The Labute approximate surface area is 208 Å². The topological polar surface area (TPSA) is 131 Å². The number of ketones is 1. The van der Waals surface area contributed by atoms with E-state index in [1.165, 1.54) is 52.8 Å². The lowest BCUT2D eigenvalue weighted by molar-refractivity contribution is 0.103. The highest BCUT2D eigenvalue weighted by Crippen LogP contribution is 2.55. The molecule has 4 rings (SSSR count). The molecule has 2 aromatic heterocycles. The van der Waals surface area contributed by atoms with E-state index < -0.39 is 13.1 Å². The monoisotopic (exact) mass is 534 g/mol. The maximum Gasteiger partial charge on any atom is 0.389 e. The molecule has 0 amide bonds. The van der Waals surface area contributed by atoms with Crippen molar-refractivity contribution in [3.8, 4) is 40.1 Å². The molecule has 0 aliphatic heterocycles. The first kappa shape index (κ1) is 25.6. The number of aryl methyl sites for hydroxylation is 1. The molecule has 190 valence electrons. The lowest BCUT2D eigenvalue weighted by Gasteiger charge is -2.14. The van der Waals surface area contributed by atoms with Crippen molar-refractivity contribution in [2.45, 2.75) is 0 Å². The number of carbonyl (C=O) groups is 1. The molecule has 2 aromatic carbocycles. The Morgan fingerprint density at radius 1 is 1.03 bits per heavy atom. The van der Waals surface area contributed by atoms with E-state index in [1.807, 2.05) is 0 Å². The highest BCUT2D eigenvalue weighted by molar-refractivity contribution is 8.11. The number of hydrogen-bond acceptors (Lipinski definition) is 9. The molecular weight excluding hydrogens is 510 g/mol. The molecule has 0 bridgehead atoms. The molecule has 0 fully saturated rings. The predicted molar refractivity (Wildman–Crippen MR) is 135 cm³/mol. The van der Waals surface area contributed by atoms with Crippen LogP contribution in [-0.2, 0) is 11.6 Å². The van der Waals surface area contributed by atoms with Gasteiger partial charge >= 0.3 is 7.28 Å². The molecule has 0 aliphatic rings. The fraction of sp³-hybridized carbons (Fsp3) is 0.217. The number of methoxy groups -OCH3 is 4. The molecule has 0 aliphatic carbocycles. The van der Waals surface area contributed by atoms with Crippen molar-refractivity contribution in [1.82, 2.24) is 9.78 Å². The number of furan rings is 1. The summed E-state index contributed by atoms with van der Waals surface area (Å²) in [5, 5.41) is 4.51. The Kier molecular flexibility index (Phi) is 7.00. The zero-order chi connectivity index (χ0) is 26.2. The molecule has 2 heterocycles. The summed E-state index contributed by atoms with van der Waals surface area (Å²) in [4.78, 5) is 23.9. The van der Waals surface area contributed by atoms with Gasteiger partial charge in [-0.05, 0) is 33.2 Å². The molecule has 11 nitrogen and oxygen atoms in total. The van der Waals surface area contributed by atoms with E-state index in [-0.39, 0.29) is 34.0 Å². The number of rotatable bonds is 9. The summed E-state index contributed by atoms with van der Waals surface area (Å²) >= 11 is 0. The number of aromatic nitrogens is 2. The summed E-state index contributed by atoms with van der Waals surface area (Å²) in [6.45, 7) is 0. The first-order valence-electron chi connectivity index (χ1n) is 10.4. The number of fused-ring (bicyclic) bond motifs is 1. The van der Waals surface area contributed by atoms with Crippen LogP contribution in [0.1, 0.15) is 15.9 Å². The second-order valence-corrected chi connectivity index (χ2v) is 10.8. The van der Waals surface area contributed by atoms with Crippen LogP contribution < -0.4 is 23.5 Å². The van der Waals surface area contributed by atoms with Crippen molar-refractivity contribution >= 4 is 33.0 Å². The highest BCUT2D eigenvalue weighted by atomic mass is 32.1. The zero-order valence-corrected chi connectivity index (χ0v) is 22.1. The number of nitrogens with zero attached hydrogens (tertiary/aromatic N) is 2. The average molecular weight is 534 g/mol. The van der Waals surface area contributed by atoms with Gasteiger partial charge in [0.05, 0.1) is 45.8 Å². The maximum absolute atomic E-state index is 14.0. The Morgan fingerprint density at radius 2 is 1.67 bits per heavy atom. The number of benzene rings is 2. The van der Waals surface area contributed by atoms with Crippen LogP contribution in [0.3, 0.4) is 0 Å². The number of hydrogen-bond donors (Lipinski definition) is 1.